The number of rotatable bonds is 4. The van der Waals surface area contributed by atoms with E-state index in [1.54, 1.807) is 19.0 Å². The van der Waals surface area contributed by atoms with E-state index in [1.807, 2.05) is 6.07 Å². The Morgan fingerprint density at radius 2 is 2.10 bits per heavy atom. The van der Waals surface area contributed by atoms with Gasteiger partial charge >= 0.3 is 0 Å². The summed E-state index contributed by atoms with van der Waals surface area (Å²) in [6, 6.07) is 6.26. The van der Waals surface area contributed by atoms with Gasteiger partial charge in [0.25, 0.3) is 5.91 Å². The van der Waals surface area contributed by atoms with Crippen molar-refractivity contribution in [3.8, 4) is 5.75 Å². The second-order valence-electron chi connectivity index (χ2n) is 6.25. The van der Waals surface area contributed by atoms with Gasteiger partial charge in [-0.3, -0.25) is 4.79 Å². The highest BCUT2D eigenvalue weighted by atomic mass is 16.5. The number of hydrogen-bond donors (Lipinski definition) is 0. The minimum absolute atomic E-state index is 0.0113. The van der Waals surface area contributed by atoms with E-state index in [0.717, 1.165) is 30.4 Å². The molecule has 0 aliphatic heterocycles. The lowest BCUT2D eigenvalue weighted by molar-refractivity contribution is -0.130. The van der Waals surface area contributed by atoms with E-state index in [9.17, 15) is 4.79 Å². The van der Waals surface area contributed by atoms with Gasteiger partial charge in [-0.2, -0.15) is 0 Å². The van der Waals surface area contributed by atoms with E-state index >= 15 is 0 Å². The van der Waals surface area contributed by atoms with Crippen molar-refractivity contribution in [2.75, 3.05) is 20.7 Å². The number of aryl methyl sites for hydroxylation is 1. The predicted octanol–water partition coefficient (Wildman–Crippen LogP) is 2.91. The van der Waals surface area contributed by atoms with Crippen LogP contribution in [0.25, 0.3) is 0 Å². The van der Waals surface area contributed by atoms with E-state index in [-0.39, 0.29) is 12.5 Å². The first-order valence-electron chi connectivity index (χ1n) is 7.42. The van der Waals surface area contributed by atoms with Gasteiger partial charge < -0.3 is 9.64 Å². The maximum absolute atomic E-state index is 11.5. The van der Waals surface area contributed by atoms with Gasteiger partial charge in [-0.05, 0) is 54.4 Å². The van der Waals surface area contributed by atoms with Crippen molar-refractivity contribution in [3.63, 3.8) is 0 Å². The quantitative estimate of drug-likeness (QED) is 0.845. The van der Waals surface area contributed by atoms with Gasteiger partial charge in [-0.1, -0.05) is 19.9 Å². The van der Waals surface area contributed by atoms with E-state index in [4.69, 9.17) is 4.74 Å². The first kappa shape index (κ1) is 14.9. The lowest BCUT2D eigenvalue weighted by atomic mass is 9.78. The molecule has 0 saturated heterocycles. The Bertz CT molecular complexity index is 480. The molecule has 110 valence electrons. The van der Waals surface area contributed by atoms with Gasteiger partial charge in [-0.15, -0.1) is 0 Å². The maximum atomic E-state index is 11.5. The zero-order chi connectivity index (χ0) is 14.7. The van der Waals surface area contributed by atoms with Gasteiger partial charge in [0.15, 0.2) is 6.61 Å². The number of ether oxygens (including phenoxy) is 1. The monoisotopic (exact) mass is 275 g/mol. The minimum atomic E-state index is -0.0113. The van der Waals surface area contributed by atoms with Gasteiger partial charge in [0.1, 0.15) is 5.75 Å². The number of carbonyl (C=O) groups excluding carboxylic acids is 1. The van der Waals surface area contributed by atoms with Crippen molar-refractivity contribution in [1.29, 1.82) is 0 Å². The smallest absolute Gasteiger partial charge is 0.259 e. The van der Waals surface area contributed by atoms with Crippen LogP contribution in [-0.2, 0) is 17.6 Å². The Hall–Kier alpha value is -1.51. The van der Waals surface area contributed by atoms with Crippen molar-refractivity contribution in [3.05, 3.63) is 29.3 Å². The molecule has 0 aromatic heterocycles. The van der Waals surface area contributed by atoms with E-state index in [0.29, 0.717) is 0 Å². The Kier molecular flexibility index (Phi) is 4.69. The molecule has 0 bridgehead atoms. The van der Waals surface area contributed by atoms with Crippen molar-refractivity contribution in [2.24, 2.45) is 11.8 Å². The van der Waals surface area contributed by atoms with Gasteiger partial charge in [0, 0.05) is 14.1 Å². The lowest BCUT2D eigenvalue weighted by Crippen LogP contribution is -2.27. The van der Waals surface area contributed by atoms with Crippen LogP contribution in [-0.4, -0.2) is 31.5 Å². The van der Waals surface area contributed by atoms with Crippen LogP contribution in [0.3, 0.4) is 0 Å². The maximum Gasteiger partial charge on any atom is 0.259 e. The molecule has 0 N–H and O–H groups in total. The standard InChI is InChI=1S/C17H25NO2/c1-12(2)14-6-5-13-7-8-16(10-15(13)9-14)20-11-17(19)18(3)4/h7-8,10,12,14H,5-6,9,11H2,1-4H3. The van der Waals surface area contributed by atoms with E-state index < -0.39 is 0 Å². The molecular formula is C17H25NO2. The van der Waals surface area contributed by atoms with Crippen LogP contribution in [0.5, 0.6) is 5.75 Å². The third-order valence-corrected chi connectivity index (χ3v) is 4.25. The zero-order valence-electron chi connectivity index (χ0n) is 13.0. The molecule has 1 aliphatic carbocycles. The number of carbonyl (C=O) groups is 1. The summed E-state index contributed by atoms with van der Waals surface area (Å²) in [5.74, 6) is 2.29. The third kappa shape index (κ3) is 3.53. The summed E-state index contributed by atoms with van der Waals surface area (Å²) in [4.78, 5) is 13.1. The summed E-state index contributed by atoms with van der Waals surface area (Å²) in [7, 11) is 3.48. The third-order valence-electron chi connectivity index (χ3n) is 4.25. The fourth-order valence-corrected chi connectivity index (χ4v) is 2.69. The SMILES string of the molecule is CC(C)C1CCc2ccc(OCC(=O)N(C)C)cc2C1. The van der Waals surface area contributed by atoms with Crippen LogP contribution >= 0.6 is 0 Å². The predicted molar refractivity (Wildman–Crippen MR) is 81.0 cm³/mol. The number of benzene rings is 1. The van der Waals surface area contributed by atoms with E-state index in [2.05, 4.69) is 26.0 Å². The Morgan fingerprint density at radius 1 is 1.35 bits per heavy atom. The molecule has 1 amide bonds. The molecule has 20 heavy (non-hydrogen) atoms. The molecule has 0 heterocycles. The van der Waals surface area contributed by atoms with Crippen LogP contribution < -0.4 is 4.74 Å². The van der Waals surface area contributed by atoms with Crippen molar-refractivity contribution in [2.45, 2.75) is 33.1 Å². The average Bonchev–Trinajstić information content (AvgIpc) is 2.43. The number of likely N-dealkylation sites (N-methyl/N-ethyl adjacent to an activating group) is 1. The normalized spacial score (nSPS) is 17.8. The van der Waals surface area contributed by atoms with Crippen LogP contribution in [0.4, 0.5) is 0 Å². The Labute approximate surface area is 121 Å². The number of hydrogen-bond acceptors (Lipinski definition) is 2. The van der Waals surface area contributed by atoms with Gasteiger partial charge in [-0.25, -0.2) is 0 Å². The fraction of sp³-hybridized carbons (Fsp3) is 0.588. The second-order valence-corrected chi connectivity index (χ2v) is 6.25. The molecule has 0 saturated carbocycles. The summed E-state index contributed by atoms with van der Waals surface area (Å²) in [5, 5.41) is 0. The zero-order valence-corrected chi connectivity index (χ0v) is 13.0. The molecule has 0 radical (unpaired) electrons. The molecule has 3 heteroatoms. The molecule has 0 fully saturated rings. The molecule has 3 nitrogen and oxygen atoms in total. The fourth-order valence-electron chi connectivity index (χ4n) is 2.69. The highest BCUT2D eigenvalue weighted by molar-refractivity contribution is 5.77. The molecule has 2 rings (SSSR count). The summed E-state index contributed by atoms with van der Waals surface area (Å²) >= 11 is 0. The largest absolute Gasteiger partial charge is 0.484 e. The highest BCUT2D eigenvalue weighted by Crippen LogP contribution is 2.32. The molecule has 1 unspecified atom stereocenters. The van der Waals surface area contributed by atoms with Crippen molar-refractivity contribution < 1.29 is 9.53 Å². The second kappa shape index (κ2) is 6.29. The minimum Gasteiger partial charge on any atom is -0.484 e. The lowest BCUT2D eigenvalue weighted by Gasteiger charge is -2.27. The van der Waals surface area contributed by atoms with Crippen LogP contribution in [0.2, 0.25) is 0 Å². The molecular weight excluding hydrogens is 250 g/mol. The van der Waals surface area contributed by atoms with Crippen LogP contribution in [0.15, 0.2) is 18.2 Å². The molecule has 0 spiro atoms. The summed E-state index contributed by atoms with van der Waals surface area (Å²) in [6.07, 6.45) is 3.57. The molecule has 1 aliphatic rings. The van der Waals surface area contributed by atoms with Crippen LogP contribution in [0.1, 0.15) is 31.4 Å². The highest BCUT2D eigenvalue weighted by Gasteiger charge is 2.21. The summed E-state index contributed by atoms with van der Waals surface area (Å²) < 4.78 is 5.60. The Morgan fingerprint density at radius 3 is 2.75 bits per heavy atom. The van der Waals surface area contributed by atoms with Gasteiger partial charge in [0.05, 0.1) is 0 Å². The summed E-state index contributed by atoms with van der Waals surface area (Å²) in [5.41, 5.74) is 2.83. The molecule has 1 aromatic carbocycles. The number of nitrogens with zero attached hydrogens (tertiary/aromatic N) is 1. The topological polar surface area (TPSA) is 29.5 Å². The van der Waals surface area contributed by atoms with E-state index in [1.165, 1.54) is 17.5 Å². The first-order chi connectivity index (χ1) is 9.47. The Balaban J connectivity index is 2.04. The molecule has 1 atom stereocenters. The molecule has 1 aromatic rings. The number of amides is 1. The van der Waals surface area contributed by atoms with Crippen molar-refractivity contribution >= 4 is 5.91 Å². The van der Waals surface area contributed by atoms with Gasteiger partial charge in [0.2, 0.25) is 0 Å². The first-order valence-corrected chi connectivity index (χ1v) is 7.42. The summed E-state index contributed by atoms with van der Waals surface area (Å²) in [6.45, 7) is 4.71. The number of fused-ring (bicyclic) bond motifs is 1. The average molecular weight is 275 g/mol. The van der Waals surface area contributed by atoms with Crippen molar-refractivity contribution in [1.82, 2.24) is 4.90 Å². The van der Waals surface area contributed by atoms with Crippen LogP contribution in [0, 0.1) is 11.8 Å².